The molecule has 2 atom stereocenters. The first kappa shape index (κ1) is 15.1. The van der Waals surface area contributed by atoms with Crippen molar-refractivity contribution >= 4 is 11.8 Å². The van der Waals surface area contributed by atoms with Gasteiger partial charge in [-0.05, 0) is 12.5 Å². The van der Waals surface area contributed by atoms with Gasteiger partial charge >= 0.3 is 0 Å². The number of hydrogen-bond donors (Lipinski definition) is 0. The number of rotatable bonds is 4. The lowest BCUT2D eigenvalue weighted by molar-refractivity contribution is -0.141. The van der Waals surface area contributed by atoms with E-state index in [4.69, 9.17) is 4.42 Å². The summed E-state index contributed by atoms with van der Waals surface area (Å²) in [7, 11) is 0. The molecule has 0 N–H and O–H groups in total. The molecule has 0 bridgehead atoms. The highest BCUT2D eigenvalue weighted by atomic mass is 16.4. The number of hydrogen-bond acceptors (Lipinski definition) is 5. The quantitative estimate of drug-likeness (QED) is 0.799. The number of benzene rings is 1. The molecule has 0 saturated carbocycles. The van der Waals surface area contributed by atoms with Gasteiger partial charge < -0.3 is 4.42 Å². The third-order valence-corrected chi connectivity index (χ3v) is 4.77. The summed E-state index contributed by atoms with van der Waals surface area (Å²) in [5.41, 5.74) is 1.20. The number of aryl methyl sites for hydroxylation is 1. The molecule has 24 heavy (non-hydrogen) atoms. The largest absolute Gasteiger partial charge is 0.444 e. The Morgan fingerprint density at radius 3 is 2.33 bits per heavy atom. The van der Waals surface area contributed by atoms with Crippen LogP contribution in [0.3, 0.4) is 0 Å². The van der Waals surface area contributed by atoms with Crippen LogP contribution >= 0.6 is 0 Å². The number of nitrogens with zero attached hydrogens (tertiary/aromatic N) is 3. The first-order chi connectivity index (χ1) is 11.6. The fourth-order valence-corrected chi connectivity index (χ4v) is 3.63. The van der Waals surface area contributed by atoms with Crippen LogP contribution in [0.1, 0.15) is 17.2 Å². The highest BCUT2D eigenvalue weighted by Gasteiger charge is 2.52. The van der Waals surface area contributed by atoms with Crippen molar-refractivity contribution in [3.05, 3.63) is 53.7 Å². The van der Waals surface area contributed by atoms with Crippen LogP contribution in [-0.2, 0) is 22.7 Å². The van der Waals surface area contributed by atoms with Crippen molar-refractivity contribution in [1.29, 1.82) is 0 Å². The zero-order valence-corrected chi connectivity index (χ0v) is 13.5. The average Bonchev–Trinajstić information content (AvgIpc) is 3.23. The Labute approximate surface area is 140 Å². The van der Waals surface area contributed by atoms with E-state index < -0.39 is 0 Å². The van der Waals surface area contributed by atoms with Crippen LogP contribution in [0.5, 0.6) is 0 Å². The lowest BCUT2D eigenvalue weighted by Gasteiger charge is -2.19. The minimum atomic E-state index is -0.239. The lowest BCUT2D eigenvalue weighted by atomic mass is 10.00. The number of imide groups is 1. The molecule has 0 radical (unpaired) electrons. The standard InChI is InChI=1S/C18H19N3O3/c1-12-7-19-16(24-12)11-21-17(22)14-9-20(10-15(14)18(21)23)8-13-5-3-2-4-6-13/h2-7,14-15H,8-11H2,1H3/t14-,15+. The van der Waals surface area contributed by atoms with Gasteiger partial charge in [0.1, 0.15) is 12.3 Å². The molecule has 2 fully saturated rings. The van der Waals surface area contributed by atoms with Gasteiger partial charge in [0.2, 0.25) is 17.7 Å². The van der Waals surface area contributed by atoms with Crippen molar-refractivity contribution in [2.24, 2.45) is 11.8 Å². The van der Waals surface area contributed by atoms with Gasteiger partial charge in [-0.2, -0.15) is 0 Å². The summed E-state index contributed by atoms with van der Waals surface area (Å²) in [5, 5.41) is 0. The predicted octanol–water partition coefficient (Wildman–Crippen LogP) is 1.60. The van der Waals surface area contributed by atoms with Gasteiger partial charge in [-0.25, -0.2) is 4.98 Å². The van der Waals surface area contributed by atoms with Crippen LogP contribution in [-0.4, -0.2) is 39.7 Å². The van der Waals surface area contributed by atoms with Gasteiger partial charge in [0.05, 0.1) is 18.0 Å². The summed E-state index contributed by atoms with van der Waals surface area (Å²) < 4.78 is 5.40. The Balaban J connectivity index is 1.44. The monoisotopic (exact) mass is 325 g/mol. The van der Waals surface area contributed by atoms with Crippen molar-refractivity contribution in [2.45, 2.75) is 20.0 Å². The average molecular weight is 325 g/mol. The number of aromatic nitrogens is 1. The predicted molar refractivity (Wildman–Crippen MR) is 85.5 cm³/mol. The summed E-state index contributed by atoms with van der Waals surface area (Å²) in [6, 6.07) is 10.1. The Morgan fingerprint density at radius 1 is 1.08 bits per heavy atom. The number of amides is 2. The smallest absolute Gasteiger partial charge is 0.234 e. The first-order valence-corrected chi connectivity index (χ1v) is 8.14. The molecular weight excluding hydrogens is 306 g/mol. The van der Waals surface area contributed by atoms with Crippen molar-refractivity contribution in [3.63, 3.8) is 0 Å². The van der Waals surface area contributed by atoms with E-state index in [0.29, 0.717) is 24.7 Å². The molecule has 3 heterocycles. The fraction of sp³-hybridized carbons (Fsp3) is 0.389. The number of fused-ring (bicyclic) bond motifs is 1. The molecule has 2 aliphatic heterocycles. The molecular formula is C18H19N3O3. The summed E-state index contributed by atoms with van der Waals surface area (Å²) in [4.78, 5) is 32.8. The zero-order chi connectivity index (χ0) is 16.7. The molecule has 1 aromatic carbocycles. The van der Waals surface area contributed by atoms with E-state index in [1.807, 2.05) is 18.2 Å². The Morgan fingerprint density at radius 2 is 1.75 bits per heavy atom. The van der Waals surface area contributed by atoms with E-state index in [0.717, 1.165) is 6.54 Å². The van der Waals surface area contributed by atoms with Crippen LogP contribution in [0.4, 0.5) is 0 Å². The molecule has 2 aliphatic rings. The fourth-order valence-electron chi connectivity index (χ4n) is 3.63. The summed E-state index contributed by atoms with van der Waals surface area (Å²) in [6.45, 7) is 3.96. The third kappa shape index (κ3) is 2.63. The molecule has 124 valence electrons. The van der Waals surface area contributed by atoms with Gasteiger partial charge in [-0.3, -0.25) is 19.4 Å². The summed E-state index contributed by atoms with van der Waals surface area (Å²) >= 11 is 0. The molecule has 2 amide bonds. The molecule has 0 aliphatic carbocycles. The molecule has 0 spiro atoms. The van der Waals surface area contributed by atoms with Crippen LogP contribution in [0.25, 0.3) is 0 Å². The van der Waals surface area contributed by atoms with Gasteiger partial charge in [-0.1, -0.05) is 30.3 Å². The Bertz CT molecular complexity index is 747. The second kappa shape index (κ2) is 5.87. The molecule has 2 aromatic rings. The summed E-state index contributed by atoms with van der Waals surface area (Å²) in [6.07, 6.45) is 1.60. The maximum Gasteiger partial charge on any atom is 0.234 e. The normalized spacial score (nSPS) is 24.0. The number of carbonyl (C=O) groups is 2. The first-order valence-electron chi connectivity index (χ1n) is 8.14. The van der Waals surface area contributed by atoms with E-state index in [1.54, 1.807) is 13.1 Å². The molecule has 4 rings (SSSR count). The van der Waals surface area contributed by atoms with Crippen LogP contribution in [0.2, 0.25) is 0 Å². The van der Waals surface area contributed by atoms with Gasteiger partial charge in [0.15, 0.2) is 0 Å². The van der Waals surface area contributed by atoms with Crippen molar-refractivity contribution < 1.29 is 14.0 Å². The van der Waals surface area contributed by atoms with E-state index in [2.05, 4.69) is 22.0 Å². The van der Waals surface area contributed by atoms with Gasteiger partial charge in [-0.15, -0.1) is 0 Å². The maximum absolute atomic E-state index is 12.6. The van der Waals surface area contributed by atoms with Crippen LogP contribution in [0, 0.1) is 18.8 Å². The molecule has 2 saturated heterocycles. The second-order valence-corrected chi connectivity index (χ2v) is 6.52. The zero-order valence-electron chi connectivity index (χ0n) is 13.5. The summed E-state index contributed by atoms with van der Waals surface area (Å²) in [5.74, 6) is 0.413. The second-order valence-electron chi connectivity index (χ2n) is 6.52. The van der Waals surface area contributed by atoms with E-state index in [9.17, 15) is 9.59 Å². The number of carbonyl (C=O) groups excluding carboxylic acids is 2. The van der Waals surface area contributed by atoms with Crippen molar-refractivity contribution in [3.8, 4) is 0 Å². The number of likely N-dealkylation sites (tertiary alicyclic amines) is 2. The molecule has 0 unspecified atom stereocenters. The van der Waals surface area contributed by atoms with E-state index in [1.165, 1.54) is 10.5 Å². The number of oxazole rings is 1. The molecule has 6 heteroatoms. The third-order valence-electron chi connectivity index (χ3n) is 4.77. The topological polar surface area (TPSA) is 66.7 Å². The Hall–Kier alpha value is -2.47. The Kier molecular flexibility index (Phi) is 3.69. The highest BCUT2D eigenvalue weighted by Crippen LogP contribution is 2.34. The van der Waals surface area contributed by atoms with Gasteiger partial charge in [0, 0.05) is 19.6 Å². The SMILES string of the molecule is Cc1cnc(CN2C(=O)[C@H]3CN(Cc4ccccc4)C[C@H]3C2=O)o1. The van der Waals surface area contributed by atoms with Crippen molar-refractivity contribution in [1.82, 2.24) is 14.8 Å². The molecule has 1 aromatic heterocycles. The lowest BCUT2D eigenvalue weighted by Crippen LogP contribution is -2.35. The van der Waals surface area contributed by atoms with E-state index in [-0.39, 0.29) is 30.2 Å². The van der Waals surface area contributed by atoms with Crippen molar-refractivity contribution in [2.75, 3.05) is 13.1 Å². The minimum absolute atomic E-state index is 0.101. The van der Waals surface area contributed by atoms with Gasteiger partial charge in [0.25, 0.3) is 0 Å². The van der Waals surface area contributed by atoms with Crippen LogP contribution in [0.15, 0.2) is 40.9 Å². The molecule has 6 nitrogen and oxygen atoms in total. The minimum Gasteiger partial charge on any atom is -0.444 e. The van der Waals surface area contributed by atoms with Crippen LogP contribution < -0.4 is 0 Å². The highest BCUT2D eigenvalue weighted by molar-refractivity contribution is 6.05. The maximum atomic E-state index is 12.6. The van der Waals surface area contributed by atoms with E-state index >= 15 is 0 Å².